The molecule has 2 unspecified atom stereocenters. The molecule has 2 aromatic rings. The van der Waals surface area contributed by atoms with E-state index in [2.05, 4.69) is 22.7 Å². The van der Waals surface area contributed by atoms with Gasteiger partial charge < -0.3 is 10.6 Å². The van der Waals surface area contributed by atoms with Crippen molar-refractivity contribution in [3.63, 3.8) is 0 Å². The number of hydrogen-bond donors (Lipinski definition) is 2. The minimum Gasteiger partial charge on any atom is -0.349 e. The third kappa shape index (κ3) is 3.15. The van der Waals surface area contributed by atoms with Crippen molar-refractivity contribution in [3.8, 4) is 5.69 Å². The minimum atomic E-state index is -0.0268. The van der Waals surface area contributed by atoms with Crippen LogP contribution >= 0.6 is 0 Å². The van der Waals surface area contributed by atoms with Gasteiger partial charge in [0.25, 0.3) is 5.91 Å². The summed E-state index contributed by atoms with van der Waals surface area (Å²) < 4.78 is 1.84. The molecule has 2 N–H and O–H groups in total. The lowest BCUT2D eigenvalue weighted by atomic mass is 9.95. The molecule has 2 heterocycles. The molecule has 5 nitrogen and oxygen atoms in total. The Morgan fingerprint density at radius 3 is 2.87 bits per heavy atom. The van der Waals surface area contributed by atoms with Gasteiger partial charge in [0.15, 0.2) is 0 Å². The topological polar surface area (TPSA) is 59.0 Å². The Labute approximate surface area is 137 Å². The lowest BCUT2D eigenvalue weighted by Crippen LogP contribution is -2.48. The lowest BCUT2D eigenvalue weighted by Gasteiger charge is -2.30. The van der Waals surface area contributed by atoms with Crippen LogP contribution in [0.5, 0.6) is 0 Å². The number of benzene rings is 1. The van der Waals surface area contributed by atoms with Crippen LogP contribution in [0.1, 0.15) is 35.0 Å². The summed E-state index contributed by atoms with van der Waals surface area (Å²) in [5.74, 6) is 0.417. The van der Waals surface area contributed by atoms with Crippen molar-refractivity contribution in [2.75, 3.05) is 13.1 Å². The van der Waals surface area contributed by atoms with E-state index in [1.54, 1.807) is 6.20 Å². The fourth-order valence-corrected chi connectivity index (χ4v) is 3.15. The largest absolute Gasteiger partial charge is 0.349 e. The molecule has 0 saturated carbocycles. The fraction of sp³-hybridized carbons (Fsp3) is 0.444. The van der Waals surface area contributed by atoms with Crippen LogP contribution in [0, 0.1) is 19.8 Å². The number of nitrogens with one attached hydrogen (secondary N) is 2. The fourth-order valence-electron chi connectivity index (χ4n) is 3.15. The third-order valence-corrected chi connectivity index (χ3v) is 4.70. The summed E-state index contributed by atoms with van der Waals surface area (Å²) in [7, 11) is 0. The van der Waals surface area contributed by atoms with E-state index >= 15 is 0 Å². The van der Waals surface area contributed by atoms with Crippen LogP contribution < -0.4 is 10.6 Å². The van der Waals surface area contributed by atoms with Gasteiger partial charge in [0.2, 0.25) is 0 Å². The summed E-state index contributed by atoms with van der Waals surface area (Å²) >= 11 is 0. The second kappa shape index (κ2) is 6.54. The molecular formula is C18H24N4O. The first-order chi connectivity index (χ1) is 11.1. The highest BCUT2D eigenvalue weighted by Gasteiger charge is 2.24. The number of carbonyl (C=O) groups excluding carboxylic acids is 1. The Kier molecular flexibility index (Phi) is 4.48. The Balaban J connectivity index is 1.81. The monoisotopic (exact) mass is 312 g/mol. The first-order valence-electron chi connectivity index (χ1n) is 8.20. The van der Waals surface area contributed by atoms with E-state index in [9.17, 15) is 4.79 Å². The van der Waals surface area contributed by atoms with E-state index in [1.807, 2.05) is 42.8 Å². The SMILES string of the molecule is Cc1ccccc1-n1ncc(C(=O)NC2CCNCC2C)c1C. The summed E-state index contributed by atoms with van der Waals surface area (Å²) in [6.07, 6.45) is 2.64. The molecule has 0 radical (unpaired) electrons. The van der Waals surface area contributed by atoms with Crippen molar-refractivity contribution in [3.05, 3.63) is 47.3 Å². The second-order valence-corrected chi connectivity index (χ2v) is 6.39. The normalized spacial score (nSPS) is 21.2. The number of amides is 1. The number of nitrogens with zero attached hydrogens (tertiary/aromatic N) is 2. The van der Waals surface area contributed by atoms with E-state index in [-0.39, 0.29) is 11.9 Å². The van der Waals surface area contributed by atoms with Crippen molar-refractivity contribution in [1.29, 1.82) is 0 Å². The molecule has 1 aliphatic heterocycles. The predicted octanol–water partition coefficient (Wildman–Crippen LogP) is 2.22. The van der Waals surface area contributed by atoms with E-state index in [4.69, 9.17) is 0 Å². The number of aryl methyl sites for hydroxylation is 1. The summed E-state index contributed by atoms with van der Waals surface area (Å²) in [6, 6.07) is 8.28. The smallest absolute Gasteiger partial charge is 0.254 e. The van der Waals surface area contributed by atoms with Crippen LogP contribution in [0.2, 0.25) is 0 Å². The quantitative estimate of drug-likeness (QED) is 0.913. The van der Waals surface area contributed by atoms with Gasteiger partial charge in [0.05, 0.1) is 23.1 Å². The molecule has 0 aliphatic carbocycles. The summed E-state index contributed by atoms with van der Waals surface area (Å²) in [5, 5.41) is 10.9. The molecule has 3 rings (SSSR count). The maximum atomic E-state index is 12.6. The molecule has 0 spiro atoms. The third-order valence-electron chi connectivity index (χ3n) is 4.70. The Bertz CT molecular complexity index is 707. The van der Waals surface area contributed by atoms with Gasteiger partial charge in [0, 0.05) is 6.04 Å². The molecule has 1 amide bonds. The Hall–Kier alpha value is -2.14. The van der Waals surface area contributed by atoms with Crippen LogP contribution in [0.25, 0.3) is 5.69 Å². The van der Waals surface area contributed by atoms with Gasteiger partial charge in [-0.15, -0.1) is 0 Å². The molecule has 1 fully saturated rings. The number of carbonyl (C=O) groups is 1. The zero-order chi connectivity index (χ0) is 16.4. The van der Waals surface area contributed by atoms with Crippen LogP contribution in [0.3, 0.4) is 0 Å². The van der Waals surface area contributed by atoms with Crippen molar-refractivity contribution >= 4 is 5.91 Å². The maximum Gasteiger partial charge on any atom is 0.254 e. The first-order valence-corrected chi connectivity index (χ1v) is 8.20. The van der Waals surface area contributed by atoms with Gasteiger partial charge >= 0.3 is 0 Å². The van der Waals surface area contributed by atoms with Crippen molar-refractivity contribution in [2.45, 2.75) is 33.2 Å². The van der Waals surface area contributed by atoms with Crippen molar-refractivity contribution < 1.29 is 4.79 Å². The highest BCUT2D eigenvalue weighted by atomic mass is 16.1. The second-order valence-electron chi connectivity index (χ2n) is 6.39. The number of hydrogen-bond acceptors (Lipinski definition) is 3. The standard InChI is InChI=1S/C18H24N4O/c1-12-6-4-5-7-17(12)22-14(3)15(11-20-22)18(23)21-16-8-9-19-10-13(16)2/h4-7,11,13,16,19H,8-10H2,1-3H3,(H,21,23). The molecule has 122 valence electrons. The van der Waals surface area contributed by atoms with E-state index < -0.39 is 0 Å². The highest BCUT2D eigenvalue weighted by molar-refractivity contribution is 5.95. The number of rotatable bonds is 3. The van der Waals surface area contributed by atoms with Crippen LogP contribution in [0.15, 0.2) is 30.5 Å². The van der Waals surface area contributed by atoms with Crippen molar-refractivity contribution in [2.24, 2.45) is 5.92 Å². The molecule has 1 saturated heterocycles. The van der Waals surface area contributed by atoms with Crippen molar-refractivity contribution in [1.82, 2.24) is 20.4 Å². The summed E-state index contributed by atoms with van der Waals surface area (Å²) in [5.41, 5.74) is 3.68. The molecule has 1 aromatic carbocycles. The van der Waals surface area contributed by atoms with Gasteiger partial charge in [-0.3, -0.25) is 4.79 Å². The van der Waals surface area contributed by atoms with E-state index in [0.29, 0.717) is 11.5 Å². The van der Waals surface area contributed by atoms with Crippen LogP contribution in [-0.4, -0.2) is 34.8 Å². The van der Waals surface area contributed by atoms with E-state index in [0.717, 1.165) is 36.5 Å². The average molecular weight is 312 g/mol. The Morgan fingerprint density at radius 1 is 1.35 bits per heavy atom. The molecule has 2 atom stereocenters. The average Bonchev–Trinajstić information content (AvgIpc) is 2.92. The number of aromatic nitrogens is 2. The summed E-state index contributed by atoms with van der Waals surface area (Å²) in [4.78, 5) is 12.6. The van der Waals surface area contributed by atoms with Gasteiger partial charge in [-0.1, -0.05) is 25.1 Å². The van der Waals surface area contributed by atoms with Crippen LogP contribution in [0.4, 0.5) is 0 Å². The van der Waals surface area contributed by atoms with Gasteiger partial charge in [0.1, 0.15) is 0 Å². The zero-order valence-electron chi connectivity index (χ0n) is 14.0. The van der Waals surface area contributed by atoms with E-state index in [1.165, 1.54) is 0 Å². The molecule has 1 aliphatic rings. The summed E-state index contributed by atoms with van der Waals surface area (Å²) in [6.45, 7) is 8.07. The molecule has 1 aromatic heterocycles. The minimum absolute atomic E-state index is 0.0268. The number of para-hydroxylation sites is 1. The number of piperidine rings is 1. The van der Waals surface area contributed by atoms with Gasteiger partial charge in [-0.25, -0.2) is 4.68 Å². The van der Waals surface area contributed by atoms with Gasteiger partial charge in [-0.05, 0) is 50.9 Å². The molecular weight excluding hydrogens is 288 g/mol. The lowest BCUT2D eigenvalue weighted by molar-refractivity contribution is 0.0913. The van der Waals surface area contributed by atoms with Gasteiger partial charge in [-0.2, -0.15) is 5.10 Å². The zero-order valence-corrected chi connectivity index (χ0v) is 14.0. The Morgan fingerprint density at radius 2 is 2.13 bits per heavy atom. The predicted molar refractivity (Wildman–Crippen MR) is 90.9 cm³/mol. The first kappa shape index (κ1) is 15.7. The van der Waals surface area contributed by atoms with Crippen LogP contribution in [-0.2, 0) is 0 Å². The molecule has 23 heavy (non-hydrogen) atoms. The highest BCUT2D eigenvalue weighted by Crippen LogP contribution is 2.18. The maximum absolute atomic E-state index is 12.6. The molecule has 0 bridgehead atoms. The molecule has 5 heteroatoms.